The van der Waals surface area contributed by atoms with Crippen LogP contribution in [0.4, 0.5) is 5.69 Å². The van der Waals surface area contributed by atoms with Gasteiger partial charge in [0.15, 0.2) is 0 Å². The summed E-state index contributed by atoms with van der Waals surface area (Å²) >= 11 is 0. The van der Waals surface area contributed by atoms with Crippen molar-refractivity contribution in [2.24, 2.45) is 0 Å². The average molecular weight is 332 g/mol. The van der Waals surface area contributed by atoms with Crippen LogP contribution in [0.25, 0.3) is 0 Å². The molecule has 0 aromatic heterocycles. The monoisotopic (exact) mass is 332 g/mol. The van der Waals surface area contributed by atoms with Gasteiger partial charge in [0.25, 0.3) is 0 Å². The zero-order chi connectivity index (χ0) is 16.9. The van der Waals surface area contributed by atoms with Crippen LogP contribution in [0, 0.1) is 0 Å². The minimum absolute atomic E-state index is 0.296. The van der Waals surface area contributed by atoms with Crippen molar-refractivity contribution >= 4 is 21.6 Å². The van der Waals surface area contributed by atoms with E-state index in [4.69, 9.17) is 0 Å². The fourth-order valence-electron chi connectivity index (χ4n) is 2.30. The first-order valence-corrected chi connectivity index (χ1v) is 9.10. The number of rotatable bonds is 6. The number of carbonyl (C=O) groups excluding carboxylic acids is 1. The van der Waals surface area contributed by atoms with E-state index in [2.05, 4.69) is 4.72 Å². The zero-order valence-electron chi connectivity index (χ0n) is 13.1. The molecule has 23 heavy (non-hydrogen) atoms. The molecular formula is C17H20N2O3S. The van der Waals surface area contributed by atoms with Crippen LogP contribution in [0.15, 0.2) is 60.7 Å². The van der Waals surface area contributed by atoms with Crippen molar-refractivity contribution in [3.8, 4) is 0 Å². The summed E-state index contributed by atoms with van der Waals surface area (Å²) in [5, 5.41) is 0. The van der Waals surface area contributed by atoms with Crippen molar-refractivity contribution in [2.45, 2.75) is 12.5 Å². The Kier molecular flexibility index (Phi) is 5.52. The predicted octanol–water partition coefficient (Wildman–Crippen LogP) is 1.81. The quantitative estimate of drug-likeness (QED) is 0.877. The molecule has 0 aliphatic carbocycles. The van der Waals surface area contributed by atoms with Crippen LogP contribution in [0.2, 0.25) is 0 Å². The van der Waals surface area contributed by atoms with Crippen molar-refractivity contribution in [2.75, 3.05) is 18.2 Å². The van der Waals surface area contributed by atoms with Gasteiger partial charge < -0.3 is 4.90 Å². The highest BCUT2D eigenvalue weighted by Crippen LogP contribution is 2.14. The average Bonchev–Trinajstić information content (AvgIpc) is 2.53. The van der Waals surface area contributed by atoms with E-state index in [-0.39, 0.29) is 5.91 Å². The van der Waals surface area contributed by atoms with Crippen LogP contribution in [0.3, 0.4) is 0 Å². The normalized spacial score (nSPS) is 12.6. The molecule has 0 spiro atoms. The van der Waals surface area contributed by atoms with Gasteiger partial charge in [0, 0.05) is 12.7 Å². The Bertz CT molecular complexity index is 746. The van der Waals surface area contributed by atoms with Crippen LogP contribution in [0.1, 0.15) is 5.56 Å². The maximum absolute atomic E-state index is 12.7. The van der Waals surface area contributed by atoms with Crippen LogP contribution in [-0.4, -0.2) is 33.7 Å². The molecule has 0 unspecified atom stereocenters. The minimum Gasteiger partial charge on any atom is -0.314 e. The Balaban J connectivity index is 2.24. The number of hydrogen-bond donors (Lipinski definition) is 1. The summed E-state index contributed by atoms with van der Waals surface area (Å²) < 4.78 is 25.7. The van der Waals surface area contributed by atoms with Gasteiger partial charge in [-0.15, -0.1) is 0 Å². The summed E-state index contributed by atoms with van der Waals surface area (Å²) in [5.74, 6) is -0.300. The summed E-state index contributed by atoms with van der Waals surface area (Å²) in [6.45, 7) is 0. The topological polar surface area (TPSA) is 66.5 Å². The summed E-state index contributed by atoms with van der Waals surface area (Å²) in [4.78, 5) is 14.2. The second kappa shape index (κ2) is 7.39. The lowest BCUT2D eigenvalue weighted by Gasteiger charge is -2.24. The molecule has 2 aromatic rings. The molecule has 0 aliphatic heterocycles. The van der Waals surface area contributed by atoms with E-state index >= 15 is 0 Å². The number of hydrogen-bond acceptors (Lipinski definition) is 3. The molecule has 2 aromatic carbocycles. The van der Waals surface area contributed by atoms with Crippen LogP contribution >= 0.6 is 0 Å². The van der Waals surface area contributed by atoms with Gasteiger partial charge in [-0.25, -0.2) is 13.1 Å². The molecule has 0 radical (unpaired) electrons. The highest BCUT2D eigenvalue weighted by Gasteiger charge is 2.26. The third-order valence-electron chi connectivity index (χ3n) is 3.41. The first kappa shape index (κ1) is 17.2. The lowest BCUT2D eigenvalue weighted by atomic mass is 10.1. The summed E-state index contributed by atoms with van der Waals surface area (Å²) in [5.41, 5.74) is 1.61. The Morgan fingerprint density at radius 2 is 1.57 bits per heavy atom. The molecule has 2 rings (SSSR count). The third-order valence-corrected chi connectivity index (χ3v) is 4.12. The Hall–Kier alpha value is -2.18. The maximum atomic E-state index is 12.7. The molecule has 1 N–H and O–H groups in total. The van der Waals surface area contributed by atoms with Gasteiger partial charge in [-0.2, -0.15) is 0 Å². The second-order valence-electron chi connectivity index (χ2n) is 5.37. The molecule has 5 nitrogen and oxygen atoms in total. The first-order chi connectivity index (χ1) is 10.9. The maximum Gasteiger partial charge on any atom is 0.245 e. The number of nitrogens with one attached hydrogen (secondary N) is 1. The van der Waals surface area contributed by atoms with Gasteiger partial charge in [0.1, 0.15) is 6.04 Å². The van der Waals surface area contributed by atoms with Crippen molar-refractivity contribution in [3.05, 3.63) is 66.2 Å². The molecular weight excluding hydrogens is 312 g/mol. The number of carbonyl (C=O) groups is 1. The van der Waals surface area contributed by atoms with E-state index in [1.807, 2.05) is 48.5 Å². The minimum atomic E-state index is -3.50. The highest BCUT2D eigenvalue weighted by molar-refractivity contribution is 7.88. The molecule has 0 saturated carbocycles. The van der Waals surface area contributed by atoms with Gasteiger partial charge in [-0.3, -0.25) is 4.79 Å². The molecule has 0 fully saturated rings. The molecule has 1 amide bonds. The van der Waals surface area contributed by atoms with E-state index in [1.165, 1.54) is 4.90 Å². The van der Waals surface area contributed by atoms with Crippen molar-refractivity contribution in [1.29, 1.82) is 0 Å². The van der Waals surface area contributed by atoms with Crippen LogP contribution in [0.5, 0.6) is 0 Å². The number of sulfonamides is 1. The van der Waals surface area contributed by atoms with Crippen molar-refractivity contribution in [3.63, 3.8) is 0 Å². The van der Waals surface area contributed by atoms with E-state index < -0.39 is 16.1 Å². The Morgan fingerprint density at radius 3 is 2.09 bits per heavy atom. The predicted molar refractivity (Wildman–Crippen MR) is 91.8 cm³/mol. The number of anilines is 1. The number of likely N-dealkylation sites (N-methyl/N-ethyl adjacent to an activating group) is 1. The largest absolute Gasteiger partial charge is 0.314 e. The number of amides is 1. The molecule has 0 saturated heterocycles. The van der Waals surface area contributed by atoms with Gasteiger partial charge >= 0.3 is 0 Å². The molecule has 6 heteroatoms. The fourth-order valence-corrected chi connectivity index (χ4v) is 3.00. The van der Waals surface area contributed by atoms with E-state index in [0.717, 1.165) is 11.8 Å². The Labute approximate surface area is 137 Å². The zero-order valence-corrected chi connectivity index (χ0v) is 14.0. The molecule has 0 heterocycles. The van der Waals surface area contributed by atoms with Crippen molar-refractivity contribution < 1.29 is 13.2 Å². The molecule has 0 bridgehead atoms. The SMILES string of the molecule is CN(C(=O)[C@H](Cc1ccccc1)NS(C)(=O)=O)c1ccccc1. The van der Waals surface area contributed by atoms with Crippen molar-refractivity contribution in [1.82, 2.24) is 4.72 Å². The molecule has 0 aliphatic rings. The third kappa shape index (κ3) is 5.19. The Morgan fingerprint density at radius 1 is 1.04 bits per heavy atom. The van der Waals surface area contributed by atoms with Gasteiger partial charge in [-0.05, 0) is 24.1 Å². The van der Waals surface area contributed by atoms with Gasteiger partial charge in [-0.1, -0.05) is 48.5 Å². The smallest absolute Gasteiger partial charge is 0.245 e. The van der Waals surface area contributed by atoms with E-state index in [0.29, 0.717) is 12.1 Å². The second-order valence-corrected chi connectivity index (χ2v) is 7.15. The lowest BCUT2D eigenvalue weighted by molar-refractivity contribution is -0.119. The highest BCUT2D eigenvalue weighted by atomic mass is 32.2. The molecule has 1 atom stereocenters. The van der Waals surface area contributed by atoms with Crippen LogP contribution in [-0.2, 0) is 21.2 Å². The van der Waals surface area contributed by atoms with E-state index in [9.17, 15) is 13.2 Å². The first-order valence-electron chi connectivity index (χ1n) is 7.20. The molecule has 122 valence electrons. The fraction of sp³-hybridized carbons (Fsp3) is 0.235. The summed E-state index contributed by atoms with van der Waals surface area (Å²) in [7, 11) is -1.86. The summed E-state index contributed by atoms with van der Waals surface area (Å²) in [6.07, 6.45) is 1.35. The number of benzene rings is 2. The van der Waals surface area contributed by atoms with Gasteiger partial charge in [0.05, 0.1) is 6.26 Å². The standard InChI is InChI=1S/C17H20N2O3S/c1-19(15-11-7-4-8-12-15)17(20)16(18-23(2,21)22)13-14-9-5-3-6-10-14/h3-12,16,18H,13H2,1-2H3/t16-/m0/s1. The summed E-state index contributed by atoms with van der Waals surface area (Å²) in [6, 6.07) is 17.6. The lowest BCUT2D eigenvalue weighted by Crippen LogP contribution is -2.48. The van der Waals surface area contributed by atoms with E-state index in [1.54, 1.807) is 19.2 Å². The number of para-hydroxylation sites is 1. The van der Waals surface area contributed by atoms with Crippen LogP contribution < -0.4 is 9.62 Å². The van der Waals surface area contributed by atoms with Gasteiger partial charge in [0.2, 0.25) is 15.9 Å². The number of nitrogens with zero attached hydrogens (tertiary/aromatic N) is 1.